The van der Waals surface area contributed by atoms with E-state index in [-0.39, 0.29) is 11.3 Å². The average molecular weight is 409 g/mol. The number of esters is 1. The lowest BCUT2D eigenvalue weighted by Gasteiger charge is -2.09. The smallest absolute Gasteiger partial charge is 0.341 e. The molecule has 0 fully saturated rings. The maximum atomic E-state index is 12.4. The van der Waals surface area contributed by atoms with Crippen molar-refractivity contribution in [2.24, 2.45) is 0 Å². The molecule has 0 saturated carbocycles. The third-order valence-electron chi connectivity index (χ3n) is 3.65. The molecule has 0 unspecified atom stereocenters. The molecule has 1 heterocycles. The number of amides is 1. The van der Waals surface area contributed by atoms with Crippen molar-refractivity contribution in [2.45, 2.75) is 9.92 Å². The SMILES string of the molecule is O=C(COC(=O)c1cccnc1Sc1ccccc1)Nc1ccc([N+](=O)[O-])cc1. The molecule has 0 bridgehead atoms. The van der Waals surface area contributed by atoms with E-state index in [0.29, 0.717) is 10.7 Å². The van der Waals surface area contributed by atoms with Crippen LogP contribution in [0.3, 0.4) is 0 Å². The number of carbonyl (C=O) groups excluding carboxylic acids is 2. The van der Waals surface area contributed by atoms with Crippen molar-refractivity contribution in [3.8, 4) is 0 Å². The summed E-state index contributed by atoms with van der Waals surface area (Å²) in [7, 11) is 0. The number of pyridine rings is 1. The van der Waals surface area contributed by atoms with Gasteiger partial charge in [0.25, 0.3) is 11.6 Å². The van der Waals surface area contributed by atoms with Gasteiger partial charge in [-0.05, 0) is 36.4 Å². The Bertz CT molecular complexity index is 1030. The van der Waals surface area contributed by atoms with Gasteiger partial charge in [-0.3, -0.25) is 14.9 Å². The minimum absolute atomic E-state index is 0.0885. The van der Waals surface area contributed by atoms with Crippen molar-refractivity contribution < 1.29 is 19.2 Å². The molecule has 3 aromatic rings. The Labute approximate surface area is 170 Å². The summed E-state index contributed by atoms with van der Waals surface area (Å²) in [6.07, 6.45) is 1.57. The summed E-state index contributed by atoms with van der Waals surface area (Å²) in [5.41, 5.74) is 0.525. The van der Waals surface area contributed by atoms with E-state index >= 15 is 0 Å². The highest BCUT2D eigenvalue weighted by Crippen LogP contribution is 2.28. The molecule has 0 spiro atoms. The largest absolute Gasteiger partial charge is 0.452 e. The molecule has 8 nitrogen and oxygen atoms in total. The molecular formula is C20H15N3O5S. The van der Waals surface area contributed by atoms with Crippen LogP contribution >= 0.6 is 11.8 Å². The highest BCUT2D eigenvalue weighted by molar-refractivity contribution is 7.99. The first-order valence-electron chi connectivity index (χ1n) is 8.42. The topological polar surface area (TPSA) is 111 Å². The number of nitro groups is 1. The molecule has 0 aliphatic rings. The standard InChI is InChI=1S/C20H15N3O5S/c24-18(22-14-8-10-15(11-9-14)23(26)27)13-28-20(25)17-7-4-12-21-19(17)29-16-5-2-1-3-6-16/h1-12H,13H2,(H,22,24). The summed E-state index contributed by atoms with van der Waals surface area (Å²) in [5, 5.41) is 13.6. The lowest BCUT2D eigenvalue weighted by Crippen LogP contribution is -2.21. The zero-order valence-electron chi connectivity index (χ0n) is 15.0. The highest BCUT2D eigenvalue weighted by Gasteiger charge is 2.16. The average Bonchev–Trinajstić information content (AvgIpc) is 2.73. The van der Waals surface area contributed by atoms with Crippen LogP contribution in [0.1, 0.15) is 10.4 Å². The Kier molecular flexibility index (Phi) is 6.54. The van der Waals surface area contributed by atoms with Crippen LogP contribution in [0.5, 0.6) is 0 Å². The van der Waals surface area contributed by atoms with E-state index < -0.39 is 23.4 Å². The lowest BCUT2D eigenvalue weighted by molar-refractivity contribution is -0.384. The number of benzene rings is 2. The van der Waals surface area contributed by atoms with Crippen LogP contribution < -0.4 is 5.32 Å². The number of nitro benzene ring substituents is 1. The van der Waals surface area contributed by atoms with Gasteiger partial charge in [0.2, 0.25) is 0 Å². The Morgan fingerprint density at radius 3 is 2.45 bits per heavy atom. The van der Waals surface area contributed by atoms with E-state index in [1.54, 1.807) is 18.3 Å². The summed E-state index contributed by atoms with van der Waals surface area (Å²) in [6, 6.07) is 18.0. The molecule has 29 heavy (non-hydrogen) atoms. The zero-order valence-corrected chi connectivity index (χ0v) is 15.8. The van der Waals surface area contributed by atoms with E-state index in [9.17, 15) is 19.7 Å². The van der Waals surface area contributed by atoms with Crippen LogP contribution in [-0.4, -0.2) is 28.4 Å². The molecular weight excluding hydrogens is 394 g/mol. The maximum Gasteiger partial charge on any atom is 0.341 e. The van der Waals surface area contributed by atoms with Gasteiger partial charge in [-0.25, -0.2) is 9.78 Å². The van der Waals surface area contributed by atoms with Gasteiger partial charge in [0.05, 0.1) is 10.5 Å². The lowest BCUT2D eigenvalue weighted by atomic mass is 10.3. The molecule has 2 aromatic carbocycles. The summed E-state index contributed by atoms with van der Waals surface area (Å²) in [4.78, 5) is 39.6. The summed E-state index contributed by atoms with van der Waals surface area (Å²) >= 11 is 1.32. The number of anilines is 1. The van der Waals surface area contributed by atoms with E-state index in [1.807, 2.05) is 30.3 Å². The Morgan fingerprint density at radius 1 is 1.03 bits per heavy atom. The fourth-order valence-electron chi connectivity index (χ4n) is 2.30. The first-order chi connectivity index (χ1) is 14.0. The normalized spacial score (nSPS) is 10.2. The number of hydrogen-bond donors (Lipinski definition) is 1. The first kappa shape index (κ1) is 20.0. The van der Waals surface area contributed by atoms with Crippen molar-refractivity contribution in [2.75, 3.05) is 11.9 Å². The van der Waals surface area contributed by atoms with Gasteiger partial charge >= 0.3 is 5.97 Å². The fraction of sp³-hybridized carbons (Fsp3) is 0.0500. The minimum Gasteiger partial charge on any atom is -0.452 e. The number of carbonyl (C=O) groups is 2. The second kappa shape index (κ2) is 9.47. The molecule has 9 heteroatoms. The number of nitrogens with zero attached hydrogens (tertiary/aromatic N) is 2. The summed E-state index contributed by atoms with van der Waals surface area (Å²) < 4.78 is 5.09. The minimum atomic E-state index is -0.671. The molecule has 1 N–H and O–H groups in total. The van der Waals surface area contributed by atoms with E-state index in [4.69, 9.17) is 4.74 Å². The first-order valence-corrected chi connectivity index (χ1v) is 9.24. The maximum absolute atomic E-state index is 12.4. The van der Waals surface area contributed by atoms with E-state index in [0.717, 1.165) is 4.90 Å². The monoisotopic (exact) mass is 409 g/mol. The van der Waals surface area contributed by atoms with Gasteiger partial charge in [0, 0.05) is 28.9 Å². The molecule has 0 aliphatic carbocycles. The van der Waals surface area contributed by atoms with Crippen molar-refractivity contribution in [1.82, 2.24) is 4.98 Å². The van der Waals surface area contributed by atoms with Gasteiger partial charge in [0.15, 0.2) is 6.61 Å². The van der Waals surface area contributed by atoms with Crippen molar-refractivity contribution in [3.63, 3.8) is 0 Å². The second-order valence-corrected chi connectivity index (χ2v) is 6.76. The summed E-state index contributed by atoms with van der Waals surface area (Å²) in [5.74, 6) is -1.23. The van der Waals surface area contributed by atoms with Gasteiger partial charge in [-0.15, -0.1) is 0 Å². The summed E-state index contributed by atoms with van der Waals surface area (Å²) in [6.45, 7) is -0.500. The second-order valence-electron chi connectivity index (χ2n) is 5.70. The molecule has 0 atom stereocenters. The van der Waals surface area contributed by atoms with Crippen LogP contribution in [0.25, 0.3) is 0 Å². The van der Waals surface area contributed by atoms with Gasteiger partial charge in [-0.1, -0.05) is 30.0 Å². The molecule has 3 rings (SSSR count). The zero-order chi connectivity index (χ0) is 20.6. The van der Waals surface area contributed by atoms with Gasteiger partial charge in [0.1, 0.15) is 5.03 Å². The predicted molar refractivity (Wildman–Crippen MR) is 107 cm³/mol. The third-order valence-corrected chi connectivity index (χ3v) is 4.67. The highest BCUT2D eigenvalue weighted by atomic mass is 32.2. The van der Waals surface area contributed by atoms with Crippen molar-refractivity contribution >= 4 is 35.0 Å². The molecule has 0 saturated heterocycles. The Hall–Kier alpha value is -3.72. The van der Waals surface area contributed by atoms with Crippen molar-refractivity contribution in [1.29, 1.82) is 0 Å². The molecule has 1 aromatic heterocycles. The van der Waals surface area contributed by atoms with Gasteiger partial charge < -0.3 is 10.1 Å². The van der Waals surface area contributed by atoms with Crippen LogP contribution in [-0.2, 0) is 9.53 Å². The number of nitrogens with one attached hydrogen (secondary N) is 1. The number of non-ortho nitro benzene ring substituents is 1. The quantitative estimate of drug-likeness (QED) is 0.357. The molecule has 0 aliphatic heterocycles. The predicted octanol–water partition coefficient (Wildman–Crippen LogP) is 3.94. The number of rotatable bonds is 7. The Balaban J connectivity index is 1.59. The fourth-order valence-corrected chi connectivity index (χ4v) is 3.19. The molecule has 146 valence electrons. The van der Waals surface area contributed by atoms with E-state index in [1.165, 1.54) is 36.0 Å². The molecule has 0 radical (unpaired) electrons. The van der Waals surface area contributed by atoms with Crippen LogP contribution in [0.2, 0.25) is 0 Å². The van der Waals surface area contributed by atoms with Crippen LogP contribution in [0.15, 0.2) is 82.8 Å². The molecule has 1 amide bonds. The third kappa shape index (κ3) is 5.63. The van der Waals surface area contributed by atoms with Crippen LogP contribution in [0.4, 0.5) is 11.4 Å². The van der Waals surface area contributed by atoms with Crippen molar-refractivity contribution in [3.05, 3.63) is 88.6 Å². The number of hydrogen-bond acceptors (Lipinski definition) is 7. The van der Waals surface area contributed by atoms with Crippen LogP contribution in [0, 0.1) is 10.1 Å². The number of aromatic nitrogens is 1. The van der Waals surface area contributed by atoms with E-state index in [2.05, 4.69) is 10.3 Å². The van der Waals surface area contributed by atoms with Gasteiger partial charge in [-0.2, -0.15) is 0 Å². The Morgan fingerprint density at radius 2 is 1.76 bits per heavy atom. The number of ether oxygens (including phenoxy) is 1.